The number of ether oxygens (including phenoxy) is 1. The average molecular weight is 538 g/mol. The first-order valence-corrected chi connectivity index (χ1v) is 11.0. The Bertz CT molecular complexity index is 1330. The van der Waals surface area contributed by atoms with Crippen LogP contribution in [0, 0.1) is 9.58 Å². The van der Waals surface area contributed by atoms with Crippen molar-refractivity contribution >= 4 is 46.0 Å². The Balaban J connectivity index is 1.96. The van der Waals surface area contributed by atoms with Gasteiger partial charge in [-0.3, -0.25) is 9.36 Å². The zero-order chi connectivity index (χ0) is 21.4. The molecule has 1 aliphatic heterocycles. The number of carbonyl (C=O) groups excluding carboxylic acids is 1. The number of allylic oxidation sites excluding steroid dienone is 1. The first-order chi connectivity index (χ1) is 14.4. The molecule has 0 saturated carbocycles. The molecule has 0 N–H and O–H groups in total. The molecule has 2 aromatic heterocycles. The van der Waals surface area contributed by atoms with E-state index in [2.05, 4.69) is 4.99 Å². The van der Waals surface area contributed by atoms with Crippen LogP contribution in [0.3, 0.4) is 0 Å². The predicted octanol–water partition coefficient (Wildman–Crippen LogP) is 3.14. The minimum Gasteiger partial charge on any atom is -0.463 e. The number of fused-ring (bicyclic) bond motifs is 1. The molecule has 0 amide bonds. The fraction of sp³-hybridized carbons (Fsp3) is 0.190. The molecule has 1 aliphatic rings. The molecule has 3 aromatic rings. The second-order valence-corrected chi connectivity index (χ2v) is 8.57. The lowest BCUT2D eigenvalue weighted by Gasteiger charge is -2.24. The maximum Gasteiger partial charge on any atom is 0.338 e. The van der Waals surface area contributed by atoms with Crippen molar-refractivity contribution in [2.75, 3.05) is 6.61 Å². The summed E-state index contributed by atoms with van der Waals surface area (Å²) in [5, 5.41) is 0. The molecule has 0 radical (unpaired) electrons. The van der Waals surface area contributed by atoms with Crippen LogP contribution in [0.4, 0.5) is 4.39 Å². The number of benzene rings is 1. The van der Waals surface area contributed by atoms with Gasteiger partial charge in [-0.15, -0.1) is 0 Å². The number of nitrogens with zero attached hydrogens (tertiary/aromatic N) is 2. The molecule has 1 aromatic carbocycles. The minimum absolute atomic E-state index is 0.188. The second kappa shape index (κ2) is 8.31. The van der Waals surface area contributed by atoms with Crippen LogP contribution in [0.5, 0.6) is 0 Å². The Morgan fingerprint density at radius 2 is 2.07 bits per heavy atom. The van der Waals surface area contributed by atoms with Crippen molar-refractivity contribution in [3.05, 3.63) is 88.3 Å². The minimum atomic E-state index is -0.764. The summed E-state index contributed by atoms with van der Waals surface area (Å²) in [6.07, 6.45) is 1.65. The number of esters is 1. The highest BCUT2D eigenvalue weighted by Crippen LogP contribution is 2.30. The van der Waals surface area contributed by atoms with Gasteiger partial charge in [-0.2, -0.15) is 0 Å². The molecule has 6 nitrogen and oxygen atoms in total. The van der Waals surface area contributed by atoms with Gasteiger partial charge in [0, 0.05) is 6.08 Å². The summed E-state index contributed by atoms with van der Waals surface area (Å²) in [7, 11) is 0. The maximum atomic E-state index is 13.5. The van der Waals surface area contributed by atoms with Gasteiger partial charge in [0.1, 0.15) is 11.6 Å². The first kappa shape index (κ1) is 20.7. The molecule has 154 valence electrons. The summed E-state index contributed by atoms with van der Waals surface area (Å²) in [5.41, 5.74) is 1.00. The van der Waals surface area contributed by atoms with E-state index in [1.54, 1.807) is 44.2 Å². The maximum absolute atomic E-state index is 13.5. The molecule has 0 aliphatic carbocycles. The van der Waals surface area contributed by atoms with Crippen LogP contribution in [0.1, 0.15) is 31.2 Å². The third-order valence-electron chi connectivity index (χ3n) is 4.57. The number of hydrogen-bond donors (Lipinski definition) is 0. The number of carbonyl (C=O) groups is 1. The summed E-state index contributed by atoms with van der Waals surface area (Å²) in [4.78, 5) is 31.0. The summed E-state index contributed by atoms with van der Waals surface area (Å²) >= 11 is 3.25. The van der Waals surface area contributed by atoms with Crippen LogP contribution < -0.4 is 14.9 Å². The lowest BCUT2D eigenvalue weighted by atomic mass is 9.96. The van der Waals surface area contributed by atoms with E-state index in [0.29, 0.717) is 30.1 Å². The van der Waals surface area contributed by atoms with Gasteiger partial charge in [0.2, 0.25) is 0 Å². The van der Waals surface area contributed by atoms with Crippen molar-refractivity contribution in [2.24, 2.45) is 4.99 Å². The highest BCUT2D eigenvalue weighted by Gasteiger charge is 2.33. The molecule has 0 bridgehead atoms. The smallest absolute Gasteiger partial charge is 0.338 e. The highest BCUT2D eigenvalue weighted by atomic mass is 127. The van der Waals surface area contributed by atoms with Crippen molar-refractivity contribution in [2.45, 2.75) is 19.9 Å². The molecule has 1 atom stereocenters. The predicted molar refractivity (Wildman–Crippen MR) is 118 cm³/mol. The van der Waals surface area contributed by atoms with Gasteiger partial charge < -0.3 is 9.15 Å². The first-order valence-electron chi connectivity index (χ1n) is 9.09. The van der Waals surface area contributed by atoms with Crippen LogP contribution >= 0.6 is 33.9 Å². The Kier molecular flexibility index (Phi) is 5.74. The lowest BCUT2D eigenvalue weighted by Crippen LogP contribution is -2.39. The molecule has 0 saturated heterocycles. The molecular weight excluding hydrogens is 522 g/mol. The van der Waals surface area contributed by atoms with Gasteiger partial charge in [-0.05, 0) is 66.3 Å². The third kappa shape index (κ3) is 3.79. The van der Waals surface area contributed by atoms with Crippen molar-refractivity contribution in [3.8, 4) is 0 Å². The quantitative estimate of drug-likeness (QED) is 0.378. The molecule has 0 unspecified atom stereocenters. The van der Waals surface area contributed by atoms with Crippen LogP contribution in [-0.4, -0.2) is 17.1 Å². The van der Waals surface area contributed by atoms with Gasteiger partial charge in [0.05, 0.1) is 28.5 Å². The number of hydrogen-bond acceptors (Lipinski definition) is 6. The molecule has 0 spiro atoms. The summed E-state index contributed by atoms with van der Waals surface area (Å²) in [5.74, 6) is -0.413. The Morgan fingerprint density at radius 1 is 1.33 bits per heavy atom. The normalized spacial score (nSPS) is 16.4. The number of halogens is 2. The molecule has 0 fully saturated rings. The second-order valence-electron chi connectivity index (χ2n) is 6.50. The van der Waals surface area contributed by atoms with Gasteiger partial charge in [0.15, 0.2) is 8.57 Å². The van der Waals surface area contributed by atoms with Gasteiger partial charge in [-0.25, -0.2) is 14.2 Å². The molecule has 4 rings (SSSR count). The van der Waals surface area contributed by atoms with Crippen molar-refractivity contribution < 1.29 is 18.3 Å². The van der Waals surface area contributed by atoms with E-state index < -0.39 is 17.8 Å². The van der Waals surface area contributed by atoms with E-state index in [1.807, 2.05) is 22.6 Å². The monoisotopic (exact) mass is 538 g/mol. The van der Waals surface area contributed by atoms with Crippen molar-refractivity contribution in [1.82, 2.24) is 4.57 Å². The Morgan fingerprint density at radius 3 is 2.70 bits per heavy atom. The molecular formula is C21H16FIN2O4S. The van der Waals surface area contributed by atoms with E-state index in [-0.39, 0.29) is 17.7 Å². The highest BCUT2D eigenvalue weighted by molar-refractivity contribution is 14.1. The number of aromatic nitrogens is 1. The third-order valence-corrected chi connectivity index (χ3v) is 6.13. The van der Waals surface area contributed by atoms with Gasteiger partial charge >= 0.3 is 5.97 Å². The molecule has 3 heterocycles. The van der Waals surface area contributed by atoms with E-state index in [9.17, 15) is 14.0 Å². The van der Waals surface area contributed by atoms with E-state index in [1.165, 1.54) is 28.0 Å². The average Bonchev–Trinajstić information content (AvgIpc) is 3.24. The molecule has 30 heavy (non-hydrogen) atoms. The van der Waals surface area contributed by atoms with Crippen LogP contribution in [0.15, 0.2) is 61.9 Å². The lowest BCUT2D eigenvalue weighted by molar-refractivity contribution is -0.139. The standard InChI is InChI=1S/C21H16FIN2O4S/c1-3-28-20(27)17-11(2)24-21-25(18(17)12-4-6-13(22)7-5-12)19(26)15(30-21)10-14-8-9-16(23)29-14/h4-10,18H,3H2,1-2H3/b15-10-/t18-/m0/s1. The van der Waals surface area contributed by atoms with E-state index in [4.69, 9.17) is 9.15 Å². The van der Waals surface area contributed by atoms with E-state index >= 15 is 0 Å². The Labute approximate surface area is 188 Å². The van der Waals surface area contributed by atoms with Gasteiger partial charge in [0.25, 0.3) is 5.56 Å². The zero-order valence-corrected chi connectivity index (χ0v) is 19.0. The number of rotatable bonds is 4. The fourth-order valence-electron chi connectivity index (χ4n) is 3.29. The van der Waals surface area contributed by atoms with Gasteiger partial charge in [-0.1, -0.05) is 23.5 Å². The van der Waals surface area contributed by atoms with Crippen LogP contribution in [-0.2, 0) is 9.53 Å². The summed E-state index contributed by atoms with van der Waals surface area (Å²) in [6.45, 7) is 3.60. The summed E-state index contributed by atoms with van der Waals surface area (Å²) in [6, 6.07) is 8.52. The zero-order valence-electron chi connectivity index (χ0n) is 16.0. The Hall–Kier alpha value is -2.53. The molecule has 9 heteroatoms. The van der Waals surface area contributed by atoms with Crippen molar-refractivity contribution in [3.63, 3.8) is 0 Å². The fourth-order valence-corrected chi connectivity index (χ4v) is 4.75. The topological polar surface area (TPSA) is 73.8 Å². The van der Waals surface area contributed by atoms with Crippen molar-refractivity contribution in [1.29, 1.82) is 0 Å². The van der Waals surface area contributed by atoms with E-state index in [0.717, 1.165) is 0 Å². The largest absolute Gasteiger partial charge is 0.463 e. The van der Waals surface area contributed by atoms with Crippen LogP contribution in [0.2, 0.25) is 0 Å². The summed E-state index contributed by atoms with van der Waals surface area (Å²) < 4.78 is 26.9. The SMILES string of the molecule is CCOC(=O)C1=C(C)N=c2s/c(=C\c3ccc(I)o3)c(=O)n2[C@H]1c1ccc(F)cc1. The van der Waals surface area contributed by atoms with Crippen LogP contribution in [0.25, 0.3) is 6.08 Å². The number of thiazole rings is 1. The number of furan rings is 1.